The second kappa shape index (κ2) is 16.0. The molecule has 0 aliphatic rings. The number of unbranched alkanes of at least 4 members (excludes halogenated alkanes) is 1. The Labute approximate surface area is 202 Å². The molecule has 0 saturated carbocycles. The number of aromatic amines is 1. The van der Waals surface area contributed by atoms with E-state index in [0.29, 0.717) is 38.0 Å². The quantitative estimate of drug-likeness (QED) is 0.0586. The molecule has 0 aliphatic carbocycles. The van der Waals surface area contributed by atoms with Crippen molar-refractivity contribution in [3.8, 4) is 0 Å². The third-order valence-electron chi connectivity index (χ3n) is 4.92. The molecule has 196 valence electrons. The Balaban J connectivity index is 2.67. The van der Waals surface area contributed by atoms with Crippen LogP contribution < -0.4 is 38.9 Å². The van der Waals surface area contributed by atoms with Crippen LogP contribution in [0, 0.1) is 0 Å². The Bertz CT molecular complexity index is 841. The molecule has 1 aromatic rings. The predicted octanol–water partition coefficient (Wildman–Crippen LogP) is -3.37. The minimum Gasteiger partial charge on any atom is -0.480 e. The first-order valence-corrected chi connectivity index (χ1v) is 11.2. The summed E-state index contributed by atoms with van der Waals surface area (Å²) >= 11 is 0. The van der Waals surface area contributed by atoms with Crippen molar-refractivity contribution in [1.82, 2.24) is 25.9 Å². The summed E-state index contributed by atoms with van der Waals surface area (Å²) < 4.78 is 0. The zero-order valence-corrected chi connectivity index (χ0v) is 19.5. The van der Waals surface area contributed by atoms with E-state index in [-0.39, 0.29) is 25.2 Å². The minimum atomic E-state index is -1.18. The Morgan fingerprint density at radius 1 is 1.06 bits per heavy atom. The van der Waals surface area contributed by atoms with Gasteiger partial charge in [-0.25, -0.2) is 9.78 Å². The van der Waals surface area contributed by atoms with Crippen LogP contribution in [0.15, 0.2) is 17.5 Å². The van der Waals surface area contributed by atoms with E-state index in [4.69, 9.17) is 22.9 Å². The number of rotatable bonds is 17. The lowest BCUT2D eigenvalue weighted by Crippen LogP contribution is -2.54. The number of imidazole rings is 1. The van der Waals surface area contributed by atoms with Gasteiger partial charge in [-0.3, -0.25) is 19.4 Å². The zero-order valence-electron chi connectivity index (χ0n) is 19.5. The molecular formula is C20H36N10O5. The number of hydrogen-bond acceptors (Lipinski definition) is 8. The molecule has 15 heteroatoms. The van der Waals surface area contributed by atoms with E-state index in [1.54, 1.807) is 0 Å². The van der Waals surface area contributed by atoms with Crippen molar-refractivity contribution in [2.45, 2.75) is 56.7 Å². The first-order chi connectivity index (χ1) is 16.6. The number of hydrogen-bond donors (Lipinski definition) is 9. The highest BCUT2D eigenvalue weighted by molar-refractivity contribution is 5.92. The van der Waals surface area contributed by atoms with Gasteiger partial charge in [0, 0.05) is 24.9 Å². The number of carboxylic acid groups (broad SMARTS) is 1. The van der Waals surface area contributed by atoms with Gasteiger partial charge in [0.15, 0.2) is 5.96 Å². The van der Waals surface area contributed by atoms with Gasteiger partial charge in [-0.2, -0.15) is 0 Å². The maximum absolute atomic E-state index is 12.7. The molecule has 0 saturated heterocycles. The number of aliphatic imine (C=N–C) groups is 1. The summed E-state index contributed by atoms with van der Waals surface area (Å²) in [5, 5.41) is 16.6. The number of nitrogens with zero attached hydrogens (tertiary/aromatic N) is 2. The van der Waals surface area contributed by atoms with Crippen molar-refractivity contribution >= 4 is 29.7 Å². The Kier molecular flexibility index (Phi) is 13.4. The average molecular weight is 497 g/mol. The monoisotopic (exact) mass is 496 g/mol. The smallest absolute Gasteiger partial charge is 0.326 e. The number of guanidine groups is 1. The Morgan fingerprint density at radius 3 is 2.40 bits per heavy atom. The van der Waals surface area contributed by atoms with Crippen LogP contribution in [0.4, 0.5) is 0 Å². The first kappa shape index (κ1) is 29.3. The number of nitrogens with two attached hydrogens (primary N) is 4. The highest BCUT2D eigenvalue weighted by Gasteiger charge is 2.26. The van der Waals surface area contributed by atoms with Crippen LogP contribution >= 0.6 is 0 Å². The van der Waals surface area contributed by atoms with Gasteiger partial charge in [-0.15, -0.1) is 0 Å². The molecule has 3 unspecified atom stereocenters. The van der Waals surface area contributed by atoms with Gasteiger partial charge in [0.2, 0.25) is 17.7 Å². The molecule has 35 heavy (non-hydrogen) atoms. The molecule has 0 bridgehead atoms. The van der Waals surface area contributed by atoms with Crippen molar-refractivity contribution in [2.24, 2.45) is 27.9 Å². The van der Waals surface area contributed by atoms with E-state index in [2.05, 4.69) is 30.9 Å². The van der Waals surface area contributed by atoms with Crippen LogP contribution in [-0.2, 0) is 25.6 Å². The summed E-state index contributed by atoms with van der Waals surface area (Å²) in [4.78, 5) is 59.3. The van der Waals surface area contributed by atoms with Gasteiger partial charge in [0.1, 0.15) is 12.1 Å². The molecule has 0 spiro atoms. The number of H-pyrrole nitrogens is 1. The number of carbonyl (C=O) groups is 4. The van der Waals surface area contributed by atoms with Gasteiger partial charge < -0.3 is 49.0 Å². The molecule has 1 rings (SSSR count). The lowest BCUT2D eigenvalue weighted by Gasteiger charge is -2.20. The van der Waals surface area contributed by atoms with Crippen LogP contribution in [-0.4, -0.2) is 82.5 Å². The maximum atomic E-state index is 12.7. The largest absolute Gasteiger partial charge is 0.480 e. The summed E-state index contributed by atoms with van der Waals surface area (Å²) in [5.41, 5.74) is 22.4. The third-order valence-corrected chi connectivity index (χ3v) is 4.92. The molecule has 3 amide bonds. The van der Waals surface area contributed by atoms with E-state index in [1.807, 2.05) is 0 Å². The van der Waals surface area contributed by atoms with Gasteiger partial charge in [0.05, 0.1) is 18.9 Å². The summed E-state index contributed by atoms with van der Waals surface area (Å²) in [7, 11) is 0. The average Bonchev–Trinajstić information content (AvgIpc) is 3.32. The van der Waals surface area contributed by atoms with Crippen molar-refractivity contribution in [1.29, 1.82) is 0 Å². The maximum Gasteiger partial charge on any atom is 0.326 e. The summed E-state index contributed by atoms with van der Waals surface area (Å²) in [6.07, 6.45) is 5.10. The third kappa shape index (κ3) is 12.4. The van der Waals surface area contributed by atoms with Crippen LogP contribution in [0.2, 0.25) is 0 Å². The Hall–Kier alpha value is -3.72. The van der Waals surface area contributed by atoms with Crippen molar-refractivity contribution < 1.29 is 24.3 Å². The lowest BCUT2D eigenvalue weighted by molar-refractivity contribution is -0.142. The van der Waals surface area contributed by atoms with Gasteiger partial charge in [-0.05, 0) is 38.6 Å². The molecule has 1 heterocycles. The predicted molar refractivity (Wildman–Crippen MR) is 128 cm³/mol. The van der Waals surface area contributed by atoms with E-state index < -0.39 is 48.4 Å². The SMILES string of the molecule is NCCCCC(NC(=O)CNC(=O)C(Cc1cnc[nH]1)NC(=O)C(N)CCCN=C(N)N)C(=O)O. The summed E-state index contributed by atoms with van der Waals surface area (Å²) in [6, 6.07) is -3.06. The van der Waals surface area contributed by atoms with E-state index in [1.165, 1.54) is 12.5 Å². The highest BCUT2D eigenvalue weighted by Crippen LogP contribution is 2.03. The topological polar surface area (TPSA) is 270 Å². The molecule has 3 atom stereocenters. The number of nitrogens with one attached hydrogen (secondary N) is 4. The number of aliphatic carboxylic acids is 1. The zero-order chi connectivity index (χ0) is 26.2. The molecule has 0 aromatic carbocycles. The van der Waals surface area contributed by atoms with Crippen molar-refractivity contribution in [3.05, 3.63) is 18.2 Å². The molecule has 13 N–H and O–H groups in total. The van der Waals surface area contributed by atoms with Crippen LogP contribution in [0.5, 0.6) is 0 Å². The number of carbonyl (C=O) groups excluding carboxylic acids is 3. The second-order valence-electron chi connectivity index (χ2n) is 7.86. The van der Waals surface area contributed by atoms with Gasteiger partial charge >= 0.3 is 5.97 Å². The Morgan fingerprint density at radius 2 is 1.80 bits per heavy atom. The van der Waals surface area contributed by atoms with Crippen molar-refractivity contribution in [2.75, 3.05) is 19.6 Å². The van der Waals surface area contributed by atoms with E-state index >= 15 is 0 Å². The molecule has 0 fully saturated rings. The second-order valence-corrected chi connectivity index (χ2v) is 7.86. The fourth-order valence-electron chi connectivity index (χ4n) is 3.04. The standard InChI is InChI=1S/C20H36N10O5/c21-6-2-1-5-14(19(34)35)29-16(31)10-27-18(33)15(8-12-9-25-11-28-12)30-17(32)13(22)4-3-7-26-20(23)24/h9,11,13-15H,1-8,10,21-22H2,(H,25,28)(H,27,33)(H,29,31)(H,30,32)(H,34,35)(H4,23,24,26). The molecule has 0 aliphatic heterocycles. The number of amides is 3. The minimum absolute atomic E-state index is 0.0615. The van der Waals surface area contributed by atoms with E-state index in [9.17, 15) is 24.3 Å². The van der Waals surface area contributed by atoms with Gasteiger partial charge in [0.25, 0.3) is 0 Å². The number of aromatic nitrogens is 2. The van der Waals surface area contributed by atoms with Crippen molar-refractivity contribution in [3.63, 3.8) is 0 Å². The first-order valence-electron chi connectivity index (χ1n) is 11.2. The van der Waals surface area contributed by atoms with Crippen LogP contribution in [0.1, 0.15) is 37.8 Å². The van der Waals surface area contributed by atoms with Gasteiger partial charge in [-0.1, -0.05) is 0 Å². The summed E-state index contributed by atoms with van der Waals surface area (Å²) in [5.74, 6) is -3.13. The fraction of sp³-hybridized carbons (Fsp3) is 0.600. The van der Waals surface area contributed by atoms with Crippen LogP contribution in [0.3, 0.4) is 0 Å². The normalized spacial score (nSPS) is 13.2. The number of carboxylic acids is 1. The van der Waals surface area contributed by atoms with E-state index in [0.717, 1.165) is 0 Å². The highest BCUT2D eigenvalue weighted by atomic mass is 16.4. The van der Waals surface area contributed by atoms with Crippen LogP contribution in [0.25, 0.3) is 0 Å². The molecule has 0 radical (unpaired) electrons. The summed E-state index contributed by atoms with van der Waals surface area (Å²) in [6.45, 7) is 0.249. The molecule has 15 nitrogen and oxygen atoms in total. The molecular weight excluding hydrogens is 460 g/mol. The lowest BCUT2D eigenvalue weighted by atomic mass is 10.1. The molecule has 1 aromatic heterocycles. The fourth-order valence-corrected chi connectivity index (χ4v) is 3.04.